The van der Waals surface area contributed by atoms with Crippen molar-refractivity contribution in [2.75, 3.05) is 6.61 Å². The minimum Gasteiger partial charge on any atom is -0.511 e. The summed E-state index contributed by atoms with van der Waals surface area (Å²) in [7, 11) is 0. The number of ketones is 1. The van der Waals surface area contributed by atoms with E-state index in [1.165, 1.54) is 0 Å². The molecular weight excluding hydrogens is 298 g/mol. The third-order valence-corrected chi connectivity index (χ3v) is 5.02. The van der Waals surface area contributed by atoms with Crippen LogP contribution >= 0.6 is 11.8 Å². The maximum absolute atomic E-state index is 12.5. The van der Waals surface area contributed by atoms with Crippen LogP contribution in [0.5, 0.6) is 0 Å². The Bertz CT molecular complexity index is 432. The predicted molar refractivity (Wildman–Crippen MR) is 93.6 cm³/mol. The number of Topliss-reactive ketones (excluding diaryl/α,β-unsaturated/α-hetero) is 1. The molecule has 1 N–H and O–H groups in total. The van der Waals surface area contributed by atoms with Crippen LogP contribution in [-0.2, 0) is 9.63 Å². The summed E-state index contributed by atoms with van der Waals surface area (Å²) in [5.41, 5.74) is 0.993. The number of rotatable bonds is 9. The first kappa shape index (κ1) is 19.1. The number of aliphatic hydroxyl groups is 1. The van der Waals surface area contributed by atoms with Gasteiger partial charge in [0.2, 0.25) is 0 Å². The molecule has 0 aromatic heterocycles. The molecule has 0 aliphatic heterocycles. The molecule has 0 saturated heterocycles. The summed E-state index contributed by atoms with van der Waals surface area (Å²) < 4.78 is 0. The molecule has 1 aliphatic carbocycles. The van der Waals surface area contributed by atoms with E-state index in [1.54, 1.807) is 0 Å². The second-order valence-electron chi connectivity index (χ2n) is 5.72. The predicted octanol–water partition coefficient (Wildman–Crippen LogP) is 4.64. The highest BCUT2D eigenvalue weighted by atomic mass is 32.2. The summed E-state index contributed by atoms with van der Waals surface area (Å²) in [6.07, 6.45) is 4.82. The Balaban J connectivity index is 2.85. The molecule has 1 rings (SSSR count). The molecule has 2 atom stereocenters. The van der Waals surface area contributed by atoms with Gasteiger partial charge in [0.05, 0.1) is 11.3 Å². The molecule has 0 heterocycles. The zero-order valence-electron chi connectivity index (χ0n) is 14.2. The van der Waals surface area contributed by atoms with Crippen molar-refractivity contribution < 1.29 is 14.7 Å². The van der Waals surface area contributed by atoms with Crippen LogP contribution < -0.4 is 0 Å². The van der Waals surface area contributed by atoms with Gasteiger partial charge < -0.3 is 9.94 Å². The van der Waals surface area contributed by atoms with E-state index in [2.05, 4.69) is 19.0 Å². The minimum atomic E-state index is -0.00292. The Morgan fingerprint density at radius 3 is 2.64 bits per heavy atom. The molecule has 5 heteroatoms. The summed E-state index contributed by atoms with van der Waals surface area (Å²) in [6, 6.07) is 0. The number of carbonyl (C=O) groups excluding carboxylic acids is 1. The van der Waals surface area contributed by atoms with E-state index in [1.807, 2.05) is 25.6 Å². The molecule has 0 fully saturated rings. The lowest BCUT2D eigenvalue weighted by Gasteiger charge is -2.25. The van der Waals surface area contributed by atoms with Crippen molar-refractivity contribution in [3.8, 4) is 0 Å². The van der Waals surface area contributed by atoms with Crippen LogP contribution in [0.2, 0.25) is 0 Å². The van der Waals surface area contributed by atoms with Crippen LogP contribution in [-0.4, -0.2) is 33.7 Å². The highest BCUT2D eigenvalue weighted by molar-refractivity contribution is 8.00. The average molecular weight is 327 g/mol. The molecule has 0 bridgehead atoms. The van der Waals surface area contributed by atoms with Crippen LogP contribution in [0.25, 0.3) is 0 Å². The van der Waals surface area contributed by atoms with E-state index in [-0.39, 0.29) is 16.8 Å². The van der Waals surface area contributed by atoms with Crippen LogP contribution in [0.4, 0.5) is 0 Å². The lowest BCUT2D eigenvalue weighted by atomic mass is 9.91. The van der Waals surface area contributed by atoms with Gasteiger partial charge in [-0.2, -0.15) is 11.8 Å². The quantitative estimate of drug-likeness (QED) is 0.495. The van der Waals surface area contributed by atoms with Gasteiger partial charge in [-0.15, -0.1) is 0 Å². The van der Waals surface area contributed by atoms with Crippen molar-refractivity contribution in [2.24, 2.45) is 5.16 Å². The van der Waals surface area contributed by atoms with Crippen molar-refractivity contribution >= 4 is 23.3 Å². The van der Waals surface area contributed by atoms with Gasteiger partial charge in [-0.05, 0) is 19.8 Å². The monoisotopic (exact) mass is 327 g/mol. The van der Waals surface area contributed by atoms with Crippen LogP contribution in [0, 0.1) is 0 Å². The van der Waals surface area contributed by atoms with E-state index in [0.29, 0.717) is 42.4 Å². The topological polar surface area (TPSA) is 58.9 Å². The fourth-order valence-electron chi connectivity index (χ4n) is 2.68. The van der Waals surface area contributed by atoms with Gasteiger partial charge in [0.15, 0.2) is 5.78 Å². The zero-order chi connectivity index (χ0) is 16.5. The first-order valence-corrected chi connectivity index (χ1v) is 9.27. The highest BCUT2D eigenvalue weighted by Gasteiger charge is 2.31. The third kappa shape index (κ3) is 5.67. The van der Waals surface area contributed by atoms with Crippen LogP contribution in [0.3, 0.4) is 0 Å². The van der Waals surface area contributed by atoms with Crippen molar-refractivity contribution in [3.63, 3.8) is 0 Å². The summed E-state index contributed by atoms with van der Waals surface area (Å²) in [5, 5.41) is 15.1. The maximum Gasteiger partial charge on any atom is 0.169 e. The molecule has 2 unspecified atom stereocenters. The molecule has 0 saturated carbocycles. The van der Waals surface area contributed by atoms with Gasteiger partial charge in [-0.3, -0.25) is 4.79 Å². The number of hydrogen-bond donors (Lipinski definition) is 1. The van der Waals surface area contributed by atoms with Gasteiger partial charge in [0.1, 0.15) is 12.4 Å². The standard InChI is InChI=1S/C17H29NO3S/c1-5-8-12(4)22-13-10-15(19)17(16(20)11-13)14(9-6-2)18-21-7-3/h12-13,19H,5-11H2,1-4H3/b18-14+. The molecule has 0 aromatic carbocycles. The molecule has 0 aromatic rings. The van der Waals surface area contributed by atoms with Crippen molar-refractivity contribution in [1.29, 1.82) is 0 Å². The molecule has 126 valence electrons. The largest absolute Gasteiger partial charge is 0.511 e. The number of hydrogen-bond acceptors (Lipinski definition) is 5. The Morgan fingerprint density at radius 1 is 1.36 bits per heavy atom. The Labute approximate surface area is 138 Å². The van der Waals surface area contributed by atoms with Gasteiger partial charge >= 0.3 is 0 Å². The second kappa shape index (κ2) is 9.93. The SMILES string of the molecule is CCC/C(=N\OCC)C1=C(O)CC(SC(C)CCC)CC1=O. The molecule has 1 aliphatic rings. The van der Waals surface area contributed by atoms with E-state index >= 15 is 0 Å². The Hall–Kier alpha value is -0.970. The van der Waals surface area contributed by atoms with Gasteiger partial charge in [-0.25, -0.2) is 0 Å². The zero-order valence-corrected chi connectivity index (χ0v) is 15.0. The van der Waals surface area contributed by atoms with Crippen LogP contribution in [0.15, 0.2) is 16.5 Å². The van der Waals surface area contributed by atoms with Gasteiger partial charge in [-0.1, -0.05) is 38.8 Å². The average Bonchev–Trinajstić information content (AvgIpc) is 2.44. The number of allylic oxidation sites excluding steroid dienone is 2. The number of oxime groups is 1. The van der Waals surface area contributed by atoms with E-state index in [0.717, 1.165) is 19.3 Å². The van der Waals surface area contributed by atoms with Gasteiger partial charge in [0, 0.05) is 23.3 Å². The summed E-state index contributed by atoms with van der Waals surface area (Å²) in [6.45, 7) is 8.69. The fraction of sp³-hybridized carbons (Fsp3) is 0.765. The number of thioether (sulfide) groups is 1. The first-order valence-electron chi connectivity index (χ1n) is 8.33. The third-order valence-electron chi connectivity index (χ3n) is 3.60. The lowest BCUT2D eigenvalue weighted by Crippen LogP contribution is -2.27. The summed E-state index contributed by atoms with van der Waals surface area (Å²) in [5.74, 6) is 0.182. The molecule has 0 amide bonds. The highest BCUT2D eigenvalue weighted by Crippen LogP contribution is 2.34. The van der Waals surface area contributed by atoms with Crippen molar-refractivity contribution in [1.82, 2.24) is 0 Å². The molecule has 22 heavy (non-hydrogen) atoms. The Kier molecular flexibility index (Phi) is 8.61. The van der Waals surface area contributed by atoms with E-state index in [4.69, 9.17) is 4.84 Å². The minimum absolute atomic E-state index is 0.00292. The van der Waals surface area contributed by atoms with Gasteiger partial charge in [0.25, 0.3) is 0 Å². The Morgan fingerprint density at radius 2 is 2.09 bits per heavy atom. The summed E-state index contributed by atoms with van der Waals surface area (Å²) >= 11 is 1.81. The lowest BCUT2D eigenvalue weighted by molar-refractivity contribution is -0.115. The number of nitrogens with zero attached hydrogens (tertiary/aromatic N) is 1. The fourth-order valence-corrected chi connectivity index (χ4v) is 4.21. The van der Waals surface area contributed by atoms with Crippen molar-refractivity contribution in [3.05, 3.63) is 11.3 Å². The maximum atomic E-state index is 12.5. The van der Waals surface area contributed by atoms with E-state index < -0.39 is 0 Å². The normalized spacial score (nSPS) is 21.2. The molecular formula is C17H29NO3S. The number of carbonyl (C=O) groups is 1. The molecule has 4 nitrogen and oxygen atoms in total. The first-order chi connectivity index (χ1) is 10.5. The summed E-state index contributed by atoms with van der Waals surface area (Å²) in [4.78, 5) is 17.6. The number of aliphatic hydroxyl groups excluding tert-OH is 1. The van der Waals surface area contributed by atoms with E-state index in [9.17, 15) is 9.90 Å². The van der Waals surface area contributed by atoms with Crippen LogP contribution in [0.1, 0.15) is 66.2 Å². The van der Waals surface area contributed by atoms with Crippen molar-refractivity contribution in [2.45, 2.75) is 76.7 Å². The molecule has 0 spiro atoms. The second-order valence-corrected chi connectivity index (χ2v) is 7.46. The molecule has 0 radical (unpaired) electrons. The smallest absolute Gasteiger partial charge is 0.169 e.